The number of nitrogens with zero attached hydrogens (tertiary/aromatic N) is 10. The summed E-state index contributed by atoms with van der Waals surface area (Å²) in [7, 11) is 0. The van der Waals surface area contributed by atoms with Gasteiger partial charge in [-0.2, -0.15) is 91.0 Å². The summed E-state index contributed by atoms with van der Waals surface area (Å²) in [6, 6.07) is 92.9. The molecule has 0 aliphatic carbocycles. The molecule has 10 nitrogen and oxygen atoms in total. The Hall–Kier alpha value is -8.89. The van der Waals surface area contributed by atoms with Crippen LogP contribution in [0.15, 0.2) is 267 Å². The van der Waals surface area contributed by atoms with Crippen LogP contribution in [0.5, 0.6) is 0 Å². The molecule has 13 heteroatoms. The largest absolute Gasteiger partial charge is 0.492 e. The Morgan fingerprint density at radius 3 is 1.00 bits per heavy atom. The van der Waals surface area contributed by atoms with Crippen molar-refractivity contribution in [2.75, 3.05) is 29.4 Å². The smallest absolute Gasteiger partial charge is 0.145 e. The molecule has 3 radical (unpaired) electrons. The Balaban J connectivity index is 0.000000142. The van der Waals surface area contributed by atoms with Crippen molar-refractivity contribution in [1.82, 2.24) is 19.9 Å². The van der Waals surface area contributed by atoms with Gasteiger partial charge in [-0.05, 0) is 132 Å². The van der Waals surface area contributed by atoms with Crippen LogP contribution in [-0.2, 0) is 60.3 Å². The third kappa shape index (κ3) is 13.0. The van der Waals surface area contributed by atoms with Crippen molar-refractivity contribution in [3.63, 3.8) is 0 Å². The van der Waals surface area contributed by atoms with E-state index in [2.05, 4.69) is 242 Å². The molecule has 3 aromatic heterocycles. The maximum absolute atomic E-state index is 4.65. The second-order valence-corrected chi connectivity index (χ2v) is 20.3. The van der Waals surface area contributed by atoms with Gasteiger partial charge in [0.1, 0.15) is 23.3 Å². The number of hydrogen-bond donors (Lipinski definition) is 0. The van der Waals surface area contributed by atoms with Crippen molar-refractivity contribution >= 4 is 68.8 Å². The molecule has 3 aliphatic heterocycles. The van der Waals surface area contributed by atoms with Crippen molar-refractivity contribution < 1.29 is 60.3 Å². The normalized spacial score (nSPS) is 12.4. The quantitative estimate of drug-likeness (QED) is 0.131. The first-order valence-corrected chi connectivity index (χ1v) is 27.8. The number of para-hydroxylation sites is 3. The first-order chi connectivity index (χ1) is 41.4. The predicted octanol–water partition coefficient (Wildman–Crippen LogP) is 18.2. The van der Waals surface area contributed by atoms with Gasteiger partial charge in [0.2, 0.25) is 0 Å². The average molecular weight is 1660 g/mol. The van der Waals surface area contributed by atoms with E-state index in [9.17, 15) is 0 Å². The van der Waals surface area contributed by atoms with Crippen molar-refractivity contribution in [1.29, 1.82) is 0 Å². The molecule has 6 heterocycles. The van der Waals surface area contributed by atoms with E-state index >= 15 is 0 Å². The molecule has 0 amide bonds. The van der Waals surface area contributed by atoms with Gasteiger partial charge in [-0.3, -0.25) is 0 Å². The number of aromatic nitrogens is 4. The first-order valence-electron chi connectivity index (χ1n) is 27.8. The summed E-state index contributed by atoms with van der Waals surface area (Å²) in [5, 5.41) is 0. The van der Waals surface area contributed by atoms with E-state index in [0.29, 0.717) is 0 Å². The minimum atomic E-state index is 0. The molecule has 9 aromatic carbocycles. The Morgan fingerprint density at radius 2 is 0.586 bits per heavy atom. The second kappa shape index (κ2) is 28.1. The number of aryl methyl sites for hydroxylation is 3. The first kappa shape index (κ1) is 61.2. The van der Waals surface area contributed by atoms with Crippen molar-refractivity contribution in [3.8, 4) is 33.4 Å². The van der Waals surface area contributed by atoms with Gasteiger partial charge in [0, 0.05) is 102 Å². The maximum Gasteiger partial charge on any atom is 0.145 e. The number of benzene rings is 9. The summed E-state index contributed by atoms with van der Waals surface area (Å²) >= 11 is 0. The topological polar surface area (TPSA) is 71.0 Å². The van der Waals surface area contributed by atoms with Crippen molar-refractivity contribution in [2.45, 2.75) is 20.8 Å². The molecule has 0 saturated heterocycles. The number of pyridine rings is 2. The second-order valence-electron chi connectivity index (χ2n) is 20.3. The number of fused-ring (bicyclic) bond motifs is 3. The van der Waals surface area contributed by atoms with Crippen molar-refractivity contribution in [2.24, 2.45) is 0 Å². The van der Waals surface area contributed by atoms with Crippen LogP contribution in [0.25, 0.3) is 33.4 Å². The van der Waals surface area contributed by atoms with E-state index in [1.54, 1.807) is 12.4 Å². The molecule has 435 valence electrons. The van der Waals surface area contributed by atoms with Gasteiger partial charge in [0.05, 0.1) is 11.4 Å². The van der Waals surface area contributed by atoms with E-state index < -0.39 is 0 Å². The minimum Gasteiger partial charge on any atom is -0.492 e. The molecule has 0 fully saturated rings. The third-order valence-corrected chi connectivity index (χ3v) is 14.9. The molecule has 15 rings (SSSR count). The molecular formula is C74H56Ir3N10-6. The van der Waals surface area contributed by atoms with Gasteiger partial charge in [-0.15, -0.1) is 37.1 Å². The zero-order valence-corrected chi connectivity index (χ0v) is 54.8. The van der Waals surface area contributed by atoms with E-state index in [1.165, 1.54) is 50.1 Å². The average Bonchev–Trinajstić information content (AvgIpc) is 2.08. The minimum absolute atomic E-state index is 0. The Bertz CT molecular complexity index is 3780. The van der Waals surface area contributed by atoms with Crippen LogP contribution in [0.1, 0.15) is 16.7 Å². The van der Waals surface area contributed by atoms with E-state index in [0.717, 1.165) is 68.8 Å². The molecule has 0 unspecified atom stereocenters. The van der Waals surface area contributed by atoms with Crippen molar-refractivity contribution in [3.05, 3.63) is 322 Å². The molecular weight excluding hydrogens is 1610 g/mol. The molecule has 0 spiro atoms. The SMILES string of the molecule is Cc1cc(-c2ccccc2)ccc1N1[CH-]N(c2[c-]cccc2)c2cccnc21.Cc1cc(-c2ccccc2)ccc1N1[CH-]N(c2[c-]cccc2)c2ncccc21.Cc1cc(-c2ccccc2)ccc1N1[CH-]N(c2[c-]cccc2)c2nccnc21.[Ir].[Ir].[Ir]. The van der Waals surface area contributed by atoms with Gasteiger partial charge in [-0.1, -0.05) is 109 Å². The zero-order valence-electron chi connectivity index (χ0n) is 47.6. The van der Waals surface area contributed by atoms with Crippen LogP contribution >= 0.6 is 0 Å². The van der Waals surface area contributed by atoms with Gasteiger partial charge < -0.3 is 29.4 Å². The molecule has 87 heavy (non-hydrogen) atoms. The molecule has 0 N–H and O–H groups in total. The predicted molar refractivity (Wildman–Crippen MR) is 342 cm³/mol. The maximum atomic E-state index is 4.65. The molecule has 0 saturated carbocycles. The summed E-state index contributed by atoms with van der Waals surface area (Å²) in [5.41, 5.74) is 19.3. The fourth-order valence-corrected chi connectivity index (χ4v) is 10.8. The van der Waals surface area contributed by atoms with Gasteiger partial charge >= 0.3 is 0 Å². The molecule has 0 bridgehead atoms. The molecule has 12 aromatic rings. The van der Waals surface area contributed by atoms with Gasteiger partial charge in [0.25, 0.3) is 0 Å². The van der Waals surface area contributed by atoms with Crippen LogP contribution in [0.2, 0.25) is 0 Å². The van der Waals surface area contributed by atoms with E-state index in [1.807, 2.05) is 121 Å². The molecule has 3 aliphatic rings. The summed E-state index contributed by atoms with van der Waals surface area (Å²) < 4.78 is 0. The van der Waals surface area contributed by atoms with E-state index in [4.69, 9.17) is 0 Å². The Labute approximate surface area is 550 Å². The third-order valence-electron chi connectivity index (χ3n) is 14.9. The Kier molecular flexibility index (Phi) is 19.8. The number of hydrogen-bond acceptors (Lipinski definition) is 10. The van der Waals surface area contributed by atoms with Crippen LogP contribution in [-0.4, -0.2) is 19.9 Å². The molecule has 0 atom stereocenters. The number of rotatable bonds is 9. The van der Waals surface area contributed by atoms with Gasteiger partial charge in [0.15, 0.2) is 0 Å². The summed E-state index contributed by atoms with van der Waals surface area (Å²) in [4.78, 5) is 31.1. The fraction of sp³-hybridized carbons (Fsp3) is 0.0405. The summed E-state index contributed by atoms with van der Waals surface area (Å²) in [6.07, 6.45) is 7.12. The Morgan fingerprint density at radius 1 is 0.264 bits per heavy atom. The van der Waals surface area contributed by atoms with E-state index in [-0.39, 0.29) is 60.3 Å². The summed E-state index contributed by atoms with van der Waals surface area (Å²) in [6.45, 7) is 12.6. The zero-order chi connectivity index (χ0) is 56.8. The summed E-state index contributed by atoms with van der Waals surface area (Å²) in [5.74, 6) is 3.46. The number of anilines is 12. The van der Waals surface area contributed by atoms with Crippen LogP contribution < -0.4 is 29.4 Å². The van der Waals surface area contributed by atoms with Gasteiger partial charge in [-0.25, -0.2) is 19.9 Å². The van der Waals surface area contributed by atoms with Crippen LogP contribution in [0.3, 0.4) is 0 Å². The fourth-order valence-electron chi connectivity index (χ4n) is 10.8. The van der Waals surface area contributed by atoms with Crippen LogP contribution in [0, 0.1) is 59.0 Å². The van der Waals surface area contributed by atoms with Crippen LogP contribution in [0.4, 0.5) is 68.8 Å². The standard InChI is InChI=1S/2C25H19N3.C24H18N4.3Ir/c1-19-17-21(20-9-4-2-5-10-20)14-15-23(19)28-18-27(22-11-6-3-7-12-22)25-24(28)13-8-16-26-25;1-19-17-21(20-9-4-2-5-10-20)14-15-23(19)28-18-27(22-11-6-3-7-12-22)24-13-8-16-26-25(24)28;1-18-16-20(19-8-4-2-5-9-19)12-13-22(18)28-17-27(21-10-6-3-7-11-21)23-24(28)26-15-14-25-23;;;/h2*2-11,13-18H,1H3;2-10,12-17H,1H3;;;/q3*-2;;;. The monoisotopic (exact) mass is 1660 g/mol.